The summed E-state index contributed by atoms with van der Waals surface area (Å²) in [5.74, 6) is 0.0894. The van der Waals surface area contributed by atoms with Crippen LogP contribution in [0.5, 0.6) is 0 Å². The van der Waals surface area contributed by atoms with E-state index in [9.17, 15) is 4.79 Å². The molecule has 0 aliphatic rings. The van der Waals surface area contributed by atoms with Crippen LogP contribution in [0.15, 0.2) is 0 Å². The molecule has 0 spiro atoms. The molecule has 0 bridgehead atoms. The smallest absolute Gasteiger partial charge is 0.233 e. The molecule has 0 saturated heterocycles. The predicted molar refractivity (Wildman–Crippen MR) is 55.5 cm³/mol. The molecule has 0 aliphatic heterocycles. The van der Waals surface area contributed by atoms with Crippen molar-refractivity contribution in [3.05, 3.63) is 0 Å². The number of carbonyl (C=O) groups is 1. The summed E-state index contributed by atoms with van der Waals surface area (Å²) in [6.45, 7) is 4.83. The second kappa shape index (κ2) is 7.59. The van der Waals surface area contributed by atoms with Gasteiger partial charge in [-0.2, -0.15) is 0 Å². The Bertz CT molecular complexity index is 126. The molecule has 0 fully saturated rings. The van der Waals surface area contributed by atoms with Crippen LogP contribution in [0.4, 0.5) is 0 Å². The normalized spacial score (nSPS) is 12.6. The number of rotatable bonds is 6. The fourth-order valence-corrected chi connectivity index (χ4v) is 1.07. The summed E-state index contributed by atoms with van der Waals surface area (Å²) in [6.07, 6.45) is 4.81. The Labute approximate surface area is 83.2 Å². The third-order valence-electron chi connectivity index (χ3n) is 1.69. The van der Waals surface area contributed by atoms with Crippen LogP contribution in [0.3, 0.4) is 0 Å². The van der Waals surface area contributed by atoms with Gasteiger partial charge in [-0.15, -0.1) is 0 Å². The minimum absolute atomic E-state index is 0.0660. The maximum absolute atomic E-state index is 11.0. The number of hydrogen-bond donors (Lipinski definition) is 1. The molecule has 0 rings (SSSR count). The Hall–Kier alpha value is -0.0500. The lowest BCUT2D eigenvalue weighted by molar-refractivity contribution is -0.120. The van der Waals surface area contributed by atoms with Gasteiger partial charge in [-0.25, -0.2) is 0 Å². The summed E-state index contributed by atoms with van der Waals surface area (Å²) in [6, 6.07) is 0. The molecule has 0 aromatic carbocycles. The van der Waals surface area contributed by atoms with E-state index < -0.39 is 0 Å². The van der Waals surface area contributed by atoms with Crippen LogP contribution in [0.25, 0.3) is 0 Å². The zero-order valence-corrected chi connectivity index (χ0v) is 9.49. The average Bonchev–Trinajstić information content (AvgIpc) is 2.03. The third kappa shape index (κ3) is 6.65. The van der Waals surface area contributed by atoms with Crippen molar-refractivity contribution in [1.82, 2.24) is 5.32 Å². The van der Waals surface area contributed by atoms with Gasteiger partial charge in [0.25, 0.3) is 0 Å². The number of hydrogen-bond acceptors (Lipinski definition) is 1. The van der Waals surface area contributed by atoms with Crippen LogP contribution in [-0.2, 0) is 4.79 Å². The van der Waals surface area contributed by atoms with Crippen LogP contribution in [0.2, 0.25) is 0 Å². The minimum atomic E-state index is -0.0660. The quantitative estimate of drug-likeness (QED) is 0.557. The number of halogens is 1. The molecule has 1 N–H and O–H groups in total. The second-order valence-electron chi connectivity index (χ2n) is 2.97. The Morgan fingerprint density at radius 2 is 2.08 bits per heavy atom. The van der Waals surface area contributed by atoms with Gasteiger partial charge in [0.2, 0.25) is 5.91 Å². The van der Waals surface area contributed by atoms with E-state index in [1.807, 2.05) is 6.92 Å². The van der Waals surface area contributed by atoms with Crippen LogP contribution in [0.1, 0.15) is 39.5 Å². The predicted octanol–water partition coefficient (Wildman–Crippen LogP) is 2.47. The van der Waals surface area contributed by atoms with Gasteiger partial charge in [0.1, 0.15) is 0 Å². The van der Waals surface area contributed by atoms with Gasteiger partial charge in [0.15, 0.2) is 0 Å². The summed E-state index contributed by atoms with van der Waals surface area (Å²) < 4.78 is 0. The molecule has 3 heteroatoms. The maximum atomic E-state index is 11.0. The highest BCUT2D eigenvalue weighted by atomic mass is 79.9. The van der Waals surface area contributed by atoms with Gasteiger partial charge in [-0.3, -0.25) is 4.79 Å². The number of unbranched alkanes of at least 4 members (excludes halogenated alkanes) is 3. The van der Waals surface area contributed by atoms with E-state index in [4.69, 9.17) is 0 Å². The maximum Gasteiger partial charge on any atom is 0.233 e. The van der Waals surface area contributed by atoms with E-state index in [-0.39, 0.29) is 10.7 Å². The number of carbonyl (C=O) groups excluding carboxylic acids is 1. The van der Waals surface area contributed by atoms with Crippen LogP contribution in [0, 0.1) is 0 Å². The van der Waals surface area contributed by atoms with Crippen molar-refractivity contribution >= 4 is 21.8 Å². The molecule has 0 radical (unpaired) electrons. The van der Waals surface area contributed by atoms with Crippen LogP contribution < -0.4 is 5.32 Å². The van der Waals surface area contributed by atoms with Gasteiger partial charge in [-0.1, -0.05) is 42.1 Å². The summed E-state index contributed by atoms with van der Waals surface area (Å²) in [5, 5.41) is 2.86. The van der Waals surface area contributed by atoms with E-state index >= 15 is 0 Å². The SMILES string of the molecule is CCCCCCNC(=O)[C@H](C)Br. The molecule has 0 saturated carbocycles. The Kier molecular flexibility index (Phi) is 7.56. The highest BCUT2D eigenvalue weighted by Crippen LogP contribution is 1.99. The highest BCUT2D eigenvalue weighted by Gasteiger charge is 2.05. The van der Waals surface area contributed by atoms with E-state index in [0.717, 1.165) is 13.0 Å². The molecule has 72 valence electrons. The molecule has 0 aromatic rings. The fraction of sp³-hybridized carbons (Fsp3) is 0.889. The van der Waals surface area contributed by atoms with Crippen molar-refractivity contribution < 1.29 is 4.79 Å². The van der Waals surface area contributed by atoms with Crippen molar-refractivity contribution in [2.24, 2.45) is 0 Å². The molecule has 0 aromatic heterocycles. The second-order valence-corrected chi connectivity index (χ2v) is 4.34. The monoisotopic (exact) mass is 235 g/mol. The number of alkyl halides is 1. The summed E-state index contributed by atoms with van der Waals surface area (Å²) in [7, 11) is 0. The van der Waals surface area contributed by atoms with Crippen LogP contribution >= 0.6 is 15.9 Å². The highest BCUT2D eigenvalue weighted by molar-refractivity contribution is 9.10. The summed E-state index contributed by atoms with van der Waals surface area (Å²) >= 11 is 3.21. The Balaban J connectivity index is 3.14. The number of amides is 1. The molecular weight excluding hydrogens is 218 g/mol. The summed E-state index contributed by atoms with van der Waals surface area (Å²) in [5.41, 5.74) is 0. The lowest BCUT2D eigenvalue weighted by Gasteiger charge is -2.05. The first-order valence-corrected chi connectivity index (χ1v) is 5.51. The minimum Gasteiger partial charge on any atom is -0.355 e. The van der Waals surface area contributed by atoms with Crippen molar-refractivity contribution in [1.29, 1.82) is 0 Å². The Morgan fingerprint density at radius 3 is 2.58 bits per heavy atom. The molecule has 2 nitrogen and oxygen atoms in total. The van der Waals surface area contributed by atoms with E-state index in [2.05, 4.69) is 28.2 Å². The van der Waals surface area contributed by atoms with Crippen molar-refractivity contribution in [2.45, 2.75) is 44.4 Å². The van der Waals surface area contributed by atoms with E-state index in [1.54, 1.807) is 0 Å². The fourth-order valence-electron chi connectivity index (χ4n) is 0.904. The molecule has 0 heterocycles. The van der Waals surface area contributed by atoms with Gasteiger partial charge < -0.3 is 5.32 Å². The molecule has 12 heavy (non-hydrogen) atoms. The zero-order chi connectivity index (χ0) is 9.40. The van der Waals surface area contributed by atoms with E-state index in [1.165, 1.54) is 19.3 Å². The van der Waals surface area contributed by atoms with Crippen molar-refractivity contribution in [2.75, 3.05) is 6.54 Å². The first-order chi connectivity index (χ1) is 5.68. The molecule has 1 atom stereocenters. The lowest BCUT2D eigenvalue weighted by Crippen LogP contribution is -2.30. The first-order valence-electron chi connectivity index (χ1n) is 4.60. The lowest BCUT2D eigenvalue weighted by atomic mass is 10.2. The Morgan fingerprint density at radius 1 is 1.42 bits per heavy atom. The van der Waals surface area contributed by atoms with Crippen molar-refractivity contribution in [3.8, 4) is 0 Å². The summed E-state index contributed by atoms with van der Waals surface area (Å²) in [4.78, 5) is 11.0. The van der Waals surface area contributed by atoms with Crippen LogP contribution in [-0.4, -0.2) is 17.3 Å². The zero-order valence-electron chi connectivity index (χ0n) is 7.90. The standard InChI is InChI=1S/C9H18BrNO/c1-3-4-5-6-7-11-9(12)8(2)10/h8H,3-7H2,1-2H3,(H,11,12)/t8-/m0/s1. The van der Waals surface area contributed by atoms with Crippen molar-refractivity contribution in [3.63, 3.8) is 0 Å². The van der Waals surface area contributed by atoms with Gasteiger partial charge in [-0.05, 0) is 13.3 Å². The van der Waals surface area contributed by atoms with Gasteiger partial charge in [0, 0.05) is 6.54 Å². The molecule has 1 amide bonds. The topological polar surface area (TPSA) is 29.1 Å². The molecule has 0 unspecified atom stereocenters. The number of nitrogens with one attached hydrogen (secondary N) is 1. The van der Waals surface area contributed by atoms with E-state index in [0.29, 0.717) is 0 Å². The van der Waals surface area contributed by atoms with Gasteiger partial charge in [0.05, 0.1) is 4.83 Å². The molecular formula is C9H18BrNO. The van der Waals surface area contributed by atoms with Gasteiger partial charge >= 0.3 is 0 Å². The largest absolute Gasteiger partial charge is 0.355 e. The molecule has 0 aliphatic carbocycles. The average molecular weight is 236 g/mol. The first kappa shape index (κ1) is 11.9. The third-order valence-corrected chi connectivity index (χ3v) is 2.11.